The summed E-state index contributed by atoms with van der Waals surface area (Å²) in [6.07, 6.45) is -0.148. The van der Waals surface area contributed by atoms with Crippen molar-refractivity contribution < 1.29 is 14.6 Å². The molecule has 0 bridgehead atoms. The average molecular weight is 330 g/mol. The summed E-state index contributed by atoms with van der Waals surface area (Å²) in [4.78, 5) is 29.0. The van der Waals surface area contributed by atoms with Gasteiger partial charge in [-0.15, -0.1) is 0 Å². The summed E-state index contributed by atoms with van der Waals surface area (Å²) < 4.78 is 5.17. The van der Waals surface area contributed by atoms with Gasteiger partial charge in [0.05, 0.1) is 19.2 Å². The van der Waals surface area contributed by atoms with E-state index in [-0.39, 0.29) is 17.9 Å². The van der Waals surface area contributed by atoms with E-state index in [1.54, 1.807) is 32.0 Å². The molecule has 0 unspecified atom stereocenters. The van der Waals surface area contributed by atoms with Crippen LogP contribution in [-0.4, -0.2) is 33.9 Å². The highest BCUT2D eigenvalue weighted by molar-refractivity contribution is 5.99. The second kappa shape index (κ2) is 7.40. The van der Waals surface area contributed by atoms with Gasteiger partial charge < -0.3 is 9.84 Å². The van der Waals surface area contributed by atoms with Gasteiger partial charge in [0, 0.05) is 17.3 Å². The number of benzene rings is 1. The first-order chi connectivity index (χ1) is 11.4. The second-order valence-corrected chi connectivity index (χ2v) is 5.14. The lowest BCUT2D eigenvalue weighted by Gasteiger charge is -2.09. The van der Waals surface area contributed by atoms with Gasteiger partial charge in [0.15, 0.2) is 0 Å². The molecule has 0 aliphatic rings. The molecule has 0 amide bonds. The van der Waals surface area contributed by atoms with Crippen molar-refractivity contribution in [1.82, 2.24) is 9.97 Å². The highest BCUT2D eigenvalue weighted by Gasteiger charge is 2.10. The molecular formula is C16H18N4O4. The van der Waals surface area contributed by atoms with Crippen LogP contribution in [-0.2, 0) is 11.2 Å². The van der Waals surface area contributed by atoms with Crippen molar-refractivity contribution >= 4 is 17.6 Å². The first-order valence-electron chi connectivity index (χ1n) is 7.16. The summed E-state index contributed by atoms with van der Waals surface area (Å²) in [5, 5.41) is 13.1. The molecule has 0 spiro atoms. The number of hydrazone groups is 1. The van der Waals surface area contributed by atoms with Crippen molar-refractivity contribution in [2.75, 3.05) is 12.5 Å². The molecule has 0 atom stereocenters. The molecule has 0 aliphatic carbocycles. The normalized spacial score (nSPS) is 11.2. The molecule has 8 nitrogen and oxygen atoms in total. The first-order valence-corrected chi connectivity index (χ1v) is 7.16. The van der Waals surface area contributed by atoms with Crippen LogP contribution in [0.4, 0.5) is 5.95 Å². The number of aromatic amines is 1. The number of nitrogens with zero attached hydrogens (tertiary/aromatic N) is 2. The Morgan fingerprint density at radius 1 is 1.42 bits per heavy atom. The number of hydrogen-bond acceptors (Lipinski definition) is 6. The first kappa shape index (κ1) is 17.2. The number of carboxylic acid groups (broad SMARTS) is 1. The second-order valence-electron chi connectivity index (χ2n) is 5.14. The van der Waals surface area contributed by atoms with Crippen LogP contribution < -0.4 is 15.7 Å². The van der Waals surface area contributed by atoms with Gasteiger partial charge in [0.1, 0.15) is 5.75 Å². The number of aryl methyl sites for hydroxylation is 1. The molecule has 0 saturated carbocycles. The van der Waals surface area contributed by atoms with Crippen molar-refractivity contribution in [2.24, 2.45) is 5.10 Å². The third-order valence-electron chi connectivity index (χ3n) is 3.24. The summed E-state index contributed by atoms with van der Waals surface area (Å²) in [6, 6.07) is 6.56. The Balaban J connectivity index is 2.26. The van der Waals surface area contributed by atoms with Gasteiger partial charge in [0.25, 0.3) is 5.56 Å². The zero-order valence-corrected chi connectivity index (χ0v) is 13.6. The molecular weight excluding hydrogens is 312 g/mol. The zero-order valence-electron chi connectivity index (χ0n) is 13.6. The molecule has 3 N–H and O–H groups in total. The summed E-state index contributed by atoms with van der Waals surface area (Å²) in [7, 11) is 1.49. The lowest BCUT2D eigenvalue weighted by Crippen LogP contribution is -2.11. The van der Waals surface area contributed by atoms with Gasteiger partial charge in [0.2, 0.25) is 5.95 Å². The van der Waals surface area contributed by atoms with E-state index in [2.05, 4.69) is 20.5 Å². The maximum absolute atomic E-state index is 11.4. The van der Waals surface area contributed by atoms with E-state index in [0.29, 0.717) is 22.7 Å². The molecule has 126 valence electrons. The number of aliphatic carboxylic acids is 1. The number of carboxylic acids is 1. The maximum atomic E-state index is 11.4. The minimum atomic E-state index is -0.945. The number of rotatable bonds is 6. The Morgan fingerprint density at radius 2 is 2.17 bits per heavy atom. The summed E-state index contributed by atoms with van der Waals surface area (Å²) in [5.41, 5.74) is 4.88. The molecule has 2 aromatic rings. The summed E-state index contributed by atoms with van der Waals surface area (Å²) in [6.45, 7) is 3.46. The Labute approximate surface area is 138 Å². The van der Waals surface area contributed by atoms with Crippen LogP contribution in [0.15, 0.2) is 34.2 Å². The van der Waals surface area contributed by atoms with Crippen LogP contribution in [0.25, 0.3) is 0 Å². The molecule has 0 saturated heterocycles. The smallest absolute Gasteiger partial charge is 0.307 e. The lowest BCUT2D eigenvalue weighted by atomic mass is 10.0. The number of anilines is 1. The predicted octanol–water partition coefficient (Wildman–Crippen LogP) is 1.55. The van der Waals surface area contributed by atoms with Crippen molar-refractivity contribution in [3.05, 3.63) is 51.4 Å². The molecule has 1 aromatic carbocycles. The molecule has 8 heteroatoms. The molecule has 0 radical (unpaired) electrons. The quantitative estimate of drug-likeness (QED) is 0.546. The fourth-order valence-corrected chi connectivity index (χ4v) is 2.14. The van der Waals surface area contributed by atoms with Crippen LogP contribution in [0.2, 0.25) is 0 Å². The fraction of sp³-hybridized carbons (Fsp3) is 0.250. The van der Waals surface area contributed by atoms with Crippen LogP contribution >= 0.6 is 0 Å². The van der Waals surface area contributed by atoms with Crippen molar-refractivity contribution in [3.63, 3.8) is 0 Å². The monoisotopic (exact) mass is 330 g/mol. The lowest BCUT2D eigenvalue weighted by molar-refractivity contribution is -0.136. The van der Waals surface area contributed by atoms with Gasteiger partial charge in [-0.1, -0.05) is 0 Å². The Kier molecular flexibility index (Phi) is 5.31. The van der Waals surface area contributed by atoms with Crippen LogP contribution in [0.1, 0.15) is 23.7 Å². The Hall–Kier alpha value is -3.16. The van der Waals surface area contributed by atoms with E-state index in [9.17, 15) is 9.59 Å². The summed E-state index contributed by atoms with van der Waals surface area (Å²) in [5.74, 6) is -0.204. The van der Waals surface area contributed by atoms with E-state index >= 15 is 0 Å². The molecule has 2 rings (SSSR count). The topological polar surface area (TPSA) is 117 Å². The number of aromatic nitrogens is 2. The van der Waals surface area contributed by atoms with Crippen molar-refractivity contribution in [1.29, 1.82) is 0 Å². The van der Waals surface area contributed by atoms with E-state index in [1.807, 2.05) is 0 Å². The number of hydrogen-bond donors (Lipinski definition) is 3. The van der Waals surface area contributed by atoms with Gasteiger partial charge in [-0.3, -0.25) is 14.6 Å². The number of nitrogens with one attached hydrogen (secondary N) is 2. The molecule has 1 aromatic heterocycles. The highest BCUT2D eigenvalue weighted by Crippen LogP contribution is 2.21. The van der Waals surface area contributed by atoms with Crippen molar-refractivity contribution in [3.8, 4) is 5.75 Å². The maximum Gasteiger partial charge on any atom is 0.307 e. The third kappa shape index (κ3) is 4.42. The molecule has 24 heavy (non-hydrogen) atoms. The minimum absolute atomic E-state index is 0.148. The largest absolute Gasteiger partial charge is 0.496 e. The van der Waals surface area contributed by atoms with Gasteiger partial charge in [-0.05, 0) is 37.6 Å². The van der Waals surface area contributed by atoms with Crippen LogP contribution in [0, 0.1) is 6.92 Å². The van der Waals surface area contributed by atoms with E-state index in [1.165, 1.54) is 13.2 Å². The summed E-state index contributed by atoms with van der Waals surface area (Å²) >= 11 is 0. The average Bonchev–Trinajstić information content (AvgIpc) is 2.51. The standard InChI is InChI=1S/C16H18N4O4/c1-9-6-14(21)18-16(17-9)20-19-10(2)11-4-5-13(24-3)12(7-11)8-15(22)23/h4-7H,8H2,1-3H3,(H,22,23)(H2,17,18,20,21)/b19-10-. The molecule has 0 aliphatic heterocycles. The minimum Gasteiger partial charge on any atom is -0.496 e. The van der Waals surface area contributed by atoms with Crippen molar-refractivity contribution in [2.45, 2.75) is 20.3 Å². The van der Waals surface area contributed by atoms with Gasteiger partial charge in [-0.25, -0.2) is 10.4 Å². The van der Waals surface area contributed by atoms with Gasteiger partial charge >= 0.3 is 5.97 Å². The van der Waals surface area contributed by atoms with E-state index in [4.69, 9.17) is 9.84 Å². The number of H-pyrrole nitrogens is 1. The number of methoxy groups -OCH3 is 1. The predicted molar refractivity (Wildman–Crippen MR) is 89.8 cm³/mol. The number of carbonyl (C=O) groups is 1. The third-order valence-corrected chi connectivity index (χ3v) is 3.24. The van der Waals surface area contributed by atoms with Crippen LogP contribution in [0.5, 0.6) is 5.75 Å². The highest BCUT2D eigenvalue weighted by atomic mass is 16.5. The van der Waals surface area contributed by atoms with E-state index < -0.39 is 5.97 Å². The molecule has 0 fully saturated rings. The molecule has 1 heterocycles. The SMILES string of the molecule is COc1ccc(/C(C)=N\Nc2nc(C)cc(=O)[nH]2)cc1CC(=O)O. The number of ether oxygens (including phenoxy) is 1. The van der Waals surface area contributed by atoms with Crippen LogP contribution in [0.3, 0.4) is 0 Å². The zero-order chi connectivity index (χ0) is 17.7. The Bertz CT molecular complexity index is 842. The van der Waals surface area contributed by atoms with Gasteiger partial charge in [-0.2, -0.15) is 5.10 Å². The Morgan fingerprint density at radius 3 is 2.79 bits per heavy atom. The van der Waals surface area contributed by atoms with E-state index in [0.717, 1.165) is 5.56 Å². The fourth-order valence-electron chi connectivity index (χ4n) is 2.14.